The number of nitrogens with zero attached hydrogens (tertiary/aromatic N) is 2. The third-order valence-electron chi connectivity index (χ3n) is 4.94. The molecule has 0 saturated heterocycles. The number of carbonyl (C=O) groups excluding carboxylic acids is 2. The van der Waals surface area contributed by atoms with Crippen LogP contribution in [0.4, 0.5) is 4.39 Å². The summed E-state index contributed by atoms with van der Waals surface area (Å²) >= 11 is 0.861. The van der Waals surface area contributed by atoms with Gasteiger partial charge in [0.2, 0.25) is 5.91 Å². The number of halogens is 1. The minimum Gasteiger partial charge on any atom is -0.366 e. The molecule has 162 valence electrons. The van der Waals surface area contributed by atoms with Crippen LogP contribution in [0.2, 0.25) is 0 Å². The lowest BCUT2D eigenvalue weighted by Gasteiger charge is -2.21. The maximum Gasteiger partial charge on any atom is 0.253 e. The summed E-state index contributed by atoms with van der Waals surface area (Å²) in [7, 11) is -3.95. The van der Waals surface area contributed by atoms with E-state index < -0.39 is 21.7 Å². The molecule has 11 heteroatoms. The number of nitrogens with one attached hydrogen (secondary N) is 1. The monoisotopic (exact) mass is 462 g/mol. The summed E-state index contributed by atoms with van der Waals surface area (Å²) in [5.41, 5.74) is 6.36. The highest BCUT2D eigenvalue weighted by atomic mass is 32.2. The van der Waals surface area contributed by atoms with Gasteiger partial charge in [0.1, 0.15) is 15.7 Å². The van der Waals surface area contributed by atoms with Crippen molar-refractivity contribution in [2.45, 2.75) is 36.1 Å². The number of H-pyrrole nitrogens is 1. The highest BCUT2D eigenvalue weighted by Gasteiger charge is 2.39. The number of thiophene rings is 1. The molecule has 0 aliphatic heterocycles. The van der Waals surface area contributed by atoms with Crippen molar-refractivity contribution < 1.29 is 22.4 Å². The largest absolute Gasteiger partial charge is 0.366 e. The fraction of sp³-hybridized carbons (Fsp3) is 0.250. The number of aromatic amines is 1. The summed E-state index contributed by atoms with van der Waals surface area (Å²) in [5, 5.41) is 6.27. The van der Waals surface area contributed by atoms with Crippen molar-refractivity contribution in [1.82, 2.24) is 14.5 Å². The first-order valence-electron chi connectivity index (χ1n) is 9.47. The van der Waals surface area contributed by atoms with Crippen LogP contribution in [0, 0.1) is 5.82 Å². The standard InChI is InChI=1S/C20H19FN4O4S2/c21-13-3-1-12(2-4-13)11-25(14-5-6-14)31(28,29)19-9-15(20(22)27)18(30-19)10-17(26)16-7-8-23-24-16/h1-4,7-9,14H,5-6,10-11H2,(H2,22,27)(H,23,24). The molecule has 8 nitrogen and oxygen atoms in total. The molecule has 1 aliphatic rings. The van der Waals surface area contributed by atoms with Gasteiger partial charge in [-0.15, -0.1) is 11.3 Å². The van der Waals surface area contributed by atoms with Crippen LogP contribution in [0.3, 0.4) is 0 Å². The van der Waals surface area contributed by atoms with Crippen molar-refractivity contribution in [3.8, 4) is 0 Å². The van der Waals surface area contributed by atoms with Crippen molar-refractivity contribution in [2.24, 2.45) is 5.73 Å². The second-order valence-corrected chi connectivity index (χ2v) is 10.5. The third-order valence-corrected chi connectivity index (χ3v) is 8.43. The number of sulfonamides is 1. The predicted octanol–water partition coefficient (Wildman–Crippen LogP) is 2.49. The van der Waals surface area contributed by atoms with Crippen LogP contribution in [0.25, 0.3) is 0 Å². The SMILES string of the molecule is NC(=O)c1cc(S(=O)(=O)N(Cc2ccc(F)cc2)C2CC2)sc1CC(=O)c1ccn[nH]1. The zero-order valence-corrected chi connectivity index (χ0v) is 17.9. The number of amides is 1. The van der Waals surface area contributed by atoms with Crippen molar-refractivity contribution in [3.05, 3.63) is 70.1 Å². The number of Topliss-reactive ketones (excluding diaryl/α,β-unsaturated/α-hetero) is 1. The lowest BCUT2D eigenvalue weighted by atomic mass is 10.1. The Hall–Kier alpha value is -2.89. The summed E-state index contributed by atoms with van der Waals surface area (Å²) < 4.78 is 41.3. The minimum absolute atomic E-state index is 0.00831. The van der Waals surface area contributed by atoms with Crippen molar-refractivity contribution in [2.75, 3.05) is 0 Å². The first-order chi connectivity index (χ1) is 14.8. The Morgan fingerprint density at radius 2 is 1.94 bits per heavy atom. The fourth-order valence-electron chi connectivity index (χ4n) is 3.18. The molecule has 3 N–H and O–H groups in total. The molecule has 4 rings (SSSR count). The van der Waals surface area contributed by atoms with E-state index in [0.717, 1.165) is 24.2 Å². The Morgan fingerprint density at radius 3 is 2.52 bits per heavy atom. The first kappa shape index (κ1) is 21.3. The van der Waals surface area contributed by atoms with E-state index in [1.807, 2.05) is 0 Å². The van der Waals surface area contributed by atoms with Crippen LogP contribution in [-0.4, -0.2) is 40.7 Å². The minimum atomic E-state index is -3.95. The zero-order chi connectivity index (χ0) is 22.2. The number of aromatic nitrogens is 2. The number of benzene rings is 1. The Balaban J connectivity index is 1.65. The first-order valence-corrected chi connectivity index (χ1v) is 11.7. The van der Waals surface area contributed by atoms with Crippen LogP contribution < -0.4 is 5.73 Å². The van der Waals surface area contributed by atoms with E-state index in [1.165, 1.54) is 46.9 Å². The Morgan fingerprint density at radius 1 is 1.23 bits per heavy atom. The molecule has 1 fully saturated rings. The van der Waals surface area contributed by atoms with Gasteiger partial charge in [0.05, 0.1) is 5.56 Å². The van der Waals surface area contributed by atoms with E-state index in [1.54, 1.807) is 0 Å². The van der Waals surface area contributed by atoms with Crippen LogP contribution in [0.15, 0.2) is 46.8 Å². The second-order valence-electron chi connectivity index (χ2n) is 7.24. The second kappa shape index (κ2) is 8.33. The lowest BCUT2D eigenvalue weighted by molar-refractivity contribution is 0.0988. The number of rotatable bonds is 9. The predicted molar refractivity (Wildman–Crippen MR) is 112 cm³/mol. The number of hydrogen-bond donors (Lipinski definition) is 2. The molecule has 1 amide bonds. The Labute approximate surface area is 181 Å². The summed E-state index contributed by atoms with van der Waals surface area (Å²) in [5.74, 6) is -1.54. The van der Waals surface area contributed by atoms with E-state index in [2.05, 4.69) is 10.2 Å². The van der Waals surface area contributed by atoms with Crippen LogP contribution >= 0.6 is 11.3 Å². The average molecular weight is 463 g/mol. The van der Waals surface area contributed by atoms with Crippen LogP contribution in [0.5, 0.6) is 0 Å². The molecule has 0 atom stereocenters. The lowest BCUT2D eigenvalue weighted by Crippen LogP contribution is -2.32. The third kappa shape index (κ3) is 4.58. The van der Waals surface area contributed by atoms with Gasteiger partial charge in [-0.05, 0) is 42.7 Å². The van der Waals surface area contributed by atoms with E-state index in [0.29, 0.717) is 5.56 Å². The molecule has 2 aromatic heterocycles. The maximum atomic E-state index is 13.4. The molecular formula is C20H19FN4O4S2. The Kier molecular flexibility index (Phi) is 5.73. The van der Waals surface area contributed by atoms with Crippen LogP contribution in [-0.2, 0) is 23.0 Å². The normalized spacial score (nSPS) is 14.1. The molecule has 0 unspecified atom stereocenters. The van der Waals surface area contributed by atoms with E-state index in [-0.39, 0.29) is 45.1 Å². The fourth-order valence-corrected chi connectivity index (χ4v) is 6.50. The van der Waals surface area contributed by atoms with Gasteiger partial charge in [0, 0.05) is 30.1 Å². The highest BCUT2D eigenvalue weighted by molar-refractivity contribution is 7.91. The average Bonchev–Trinajstić information content (AvgIpc) is 3.23. The maximum absolute atomic E-state index is 13.4. The quantitative estimate of drug-likeness (QED) is 0.473. The number of hydrogen-bond acceptors (Lipinski definition) is 6. The van der Waals surface area contributed by atoms with Gasteiger partial charge in [0.25, 0.3) is 10.0 Å². The number of carbonyl (C=O) groups is 2. The molecule has 1 aliphatic carbocycles. The molecule has 3 aromatic rings. The highest BCUT2D eigenvalue weighted by Crippen LogP contribution is 2.37. The summed E-state index contributed by atoms with van der Waals surface area (Å²) in [6.45, 7) is 0.0828. The van der Waals surface area contributed by atoms with E-state index >= 15 is 0 Å². The number of primary amides is 1. The summed E-state index contributed by atoms with van der Waals surface area (Å²) in [6.07, 6.45) is 2.69. The molecule has 31 heavy (non-hydrogen) atoms. The van der Waals surface area contributed by atoms with Gasteiger partial charge in [0.15, 0.2) is 5.78 Å². The smallest absolute Gasteiger partial charge is 0.253 e. The van der Waals surface area contributed by atoms with E-state index in [4.69, 9.17) is 5.73 Å². The summed E-state index contributed by atoms with van der Waals surface area (Å²) in [6, 6.07) is 8.21. The molecule has 1 saturated carbocycles. The van der Waals surface area contributed by atoms with Crippen molar-refractivity contribution in [1.29, 1.82) is 0 Å². The topological polar surface area (TPSA) is 126 Å². The van der Waals surface area contributed by atoms with Gasteiger partial charge in [-0.1, -0.05) is 12.1 Å². The molecule has 1 aromatic carbocycles. The number of nitrogens with two attached hydrogens (primary N) is 1. The number of ketones is 1. The molecular weight excluding hydrogens is 443 g/mol. The van der Waals surface area contributed by atoms with Gasteiger partial charge in [-0.2, -0.15) is 9.40 Å². The summed E-state index contributed by atoms with van der Waals surface area (Å²) in [4.78, 5) is 24.6. The zero-order valence-electron chi connectivity index (χ0n) is 16.2. The Bertz CT molecular complexity index is 1220. The van der Waals surface area contributed by atoms with Crippen molar-refractivity contribution >= 4 is 33.1 Å². The molecule has 0 radical (unpaired) electrons. The van der Waals surface area contributed by atoms with Crippen LogP contribution in [0.1, 0.15) is 44.1 Å². The molecule has 2 heterocycles. The van der Waals surface area contributed by atoms with E-state index in [9.17, 15) is 22.4 Å². The molecule has 0 bridgehead atoms. The molecule has 0 spiro atoms. The van der Waals surface area contributed by atoms with Gasteiger partial charge < -0.3 is 5.73 Å². The van der Waals surface area contributed by atoms with Crippen molar-refractivity contribution in [3.63, 3.8) is 0 Å². The van der Waals surface area contributed by atoms with Gasteiger partial charge >= 0.3 is 0 Å². The van der Waals surface area contributed by atoms with Gasteiger partial charge in [-0.25, -0.2) is 12.8 Å². The van der Waals surface area contributed by atoms with Gasteiger partial charge in [-0.3, -0.25) is 14.7 Å².